The number of aromatic amines is 1. The summed E-state index contributed by atoms with van der Waals surface area (Å²) in [6.45, 7) is 4.35. The largest absolute Gasteiger partial charge is 0.486 e. The summed E-state index contributed by atoms with van der Waals surface area (Å²) in [5.41, 5.74) is 3.77. The molecule has 3 aromatic carbocycles. The summed E-state index contributed by atoms with van der Waals surface area (Å²) in [5.74, 6) is 0.842. The summed E-state index contributed by atoms with van der Waals surface area (Å²) < 4.78 is 6.68. The average molecular weight is 443 g/mol. The van der Waals surface area contributed by atoms with Crippen molar-refractivity contribution in [3.63, 3.8) is 0 Å². The monoisotopic (exact) mass is 442 g/mol. The molecule has 1 fully saturated rings. The summed E-state index contributed by atoms with van der Waals surface area (Å²) in [6, 6.07) is 18.6. The van der Waals surface area contributed by atoms with Gasteiger partial charge in [0.2, 0.25) is 0 Å². The predicted molar refractivity (Wildman–Crippen MR) is 131 cm³/mol. The Morgan fingerprint density at radius 1 is 1.09 bits per heavy atom. The Balaban J connectivity index is 1.18. The lowest BCUT2D eigenvalue weighted by Crippen LogP contribution is -2.51. The third-order valence-corrected chi connectivity index (χ3v) is 7.58. The molecule has 1 saturated heterocycles. The highest BCUT2D eigenvalue weighted by Gasteiger charge is 2.43. The van der Waals surface area contributed by atoms with Crippen LogP contribution >= 0.6 is 0 Å². The lowest BCUT2D eigenvalue weighted by Gasteiger charge is -2.46. The Bertz CT molecular complexity index is 1320. The number of ether oxygens (including phenoxy) is 1. The van der Waals surface area contributed by atoms with E-state index in [9.17, 15) is 10.2 Å². The van der Waals surface area contributed by atoms with Gasteiger partial charge in [-0.2, -0.15) is 0 Å². The van der Waals surface area contributed by atoms with E-state index in [0.717, 1.165) is 64.5 Å². The molecule has 4 aromatic rings. The summed E-state index contributed by atoms with van der Waals surface area (Å²) in [7, 11) is 0. The van der Waals surface area contributed by atoms with Gasteiger partial charge in [-0.25, -0.2) is 0 Å². The minimum atomic E-state index is -0.543. The lowest BCUT2D eigenvalue weighted by molar-refractivity contribution is -0.0576. The number of H-pyrrole nitrogens is 1. The summed E-state index contributed by atoms with van der Waals surface area (Å²) in [6.07, 6.45) is 3.18. The zero-order valence-corrected chi connectivity index (χ0v) is 18.9. The third kappa shape index (κ3) is 3.61. The summed E-state index contributed by atoms with van der Waals surface area (Å²) >= 11 is 0. The van der Waals surface area contributed by atoms with E-state index in [-0.39, 0.29) is 5.60 Å². The predicted octanol–water partition coefficient (Wildman–Crippen LogP) is 5.01. The molecule has 0 saturated carbocycles. The first-order valence-corrected chi connectivity index (χ1v) is 11.9. The van der Waals surface area contributed by atoms with Crippen molar-refractivity contribution >= 4 is 21.7 Å². The number of aryl methyl sites for hydroxylation is 1. The number of rotatable bonds is 3. The maximum Gasteiger partial charge on any atom is 0.133 e. The van der Waals surface area contributed by atoms with Crippen molar-refractivity contribution in [1.82, 2.24) is 9.88 Å². The second-order valence-corrected chi connectivity index (χ2v) is 9.82. The summed E-state index contributed by atoms with van der Waals surface area (Å²) in [4.78, 5) is 5.61. The molecule has 5 heteroatoms. The number of β-amino-alcohol motifs (C(OH)–C–C–N with tert-alkyl or cyclic N) is 1. The minimum absolute atomic E-state index is 0.351. The number of piperidine rings is 1. The van der Waals surface area contributed by atoms with Crippen molar-refractivity contribution in [2.24, 2.45) is 0 Å². The Labute approximate surface area is 193 Å². The van der Waals surface area contributed by atoms with Crippen LogP contribution in [0.3, 0.4) is 0 Å². The number of aliphatic hydroxyl groups is 2. The highest BCUT2D eigenvalue weighted by molar-refractivity contribution is 5.90. The molecule has 1 aromatic heterocycles. The Kier molecular flexibility index (Phi) is 4.94. The first kappa shape index (κ1) is 20.7. The van der Waals surface area contributed by atoms with Gasteiger partial charge in [0.05, 0.1) is 12.2 Å². The van der Waals surface area contributed by atoms with Crippen molar-refractivity contribution in [1.29, 1.82) is 0 Å². The number of hydrogen-bond donors (Lipinski definition) is 3. The molecule has 5 nitrogen and oxygen atoms in total. The normalized spacial score (nSPS) is 21.2. The molecule has 2 unspecified atom stereocenters. The van der Waals surface area contributed by atoms with Crippen LogP contribution in [0.5, 0.6) is 5.75 Å². The molecule has 2 aliphatic rings. The first-order chi connectivity index (χ1) is 16.0. The molecule has 33 heavy (non-hydrogen) atoms. The number of likely N-dealkylation sites (tertiary alicyclic amines) is 1. The van der Waals surface area contributed by atoms with Gasteiger partial charge in [0.1, 0.15) is 11.4 Å². The highest BCUT2D eigenvalue weighted by atomic mass is 16.5. The molecular weight excluding hydrogens is 412 g/mol. The quantitative estimate of drug-likeness (QED) is 0.417. The molecule has 0 aliphatic carbocycles. The van der Waals surface area contributed by atoms with Crippen molar-refractivity contribution in [2.75, 3.05) is 19.6 Å². The molecule has 3 N–H and O–H groups in total. The maximum atomic E-state index is 11.0. The Morgan fingerprint density at radius 2 is 1.91 bits per heavy atom. The number of hydrogen-bond acceptors (Lipinski definition) is 4. The fourth-order valence-electron chi connectivity index (χ4n) is 5.69. The average Bonchev–Trinajstić information content (AvgIpc) is 3.24. The van der Waals surface area contributed by atoms with Crippen LogP contribution in [0.15, 0.2) is 60.8 Å². The highest BCUT2D eigenvalue weighted by Crippen LogP contribution is 2.47. The van der Waals surface area contributed by atoms with Gasteiger partial charge in [0.25, 0.3) is 0 Å². The number of benzene rings is 3. The van der Waals surface area contributed by atoms with Crippen LogP contribution < -0.4 is 4.74 Å². The standard InChI is InChI=1S/C28H30N2O3/c1-18-6-8-21-23(16-29-24(21)14-18)26(32)17-30-12-10-28(11-13-30)15-25(31)22-9-7-19-4-2-3-5-20(19)27(22)33-28/h2-9,14,16,25-26,29,31-32H,10-13,15,17H2,1H3. The van der Waals surface area contributed by atoms with Crippen LogP contribution in [0.25, 0.3) is 21.7 Å². The summed E-state index contributed by atoms with van der Waals surface area (Å²) in [5, 5.41) is 25.2. The molecule has 0 amide bonds. The second-order valence-electron chi connectivity index (χ2n) is 9.82. The minimum Gasteiger partial charge on any atom is -0.486 e. The van der Waals surface area contributed by atoms with E-state index in [1.165, 1.54) is 5.56 Å². The van der Waals surface area contributed by atoms with Gasteiger partial charge >= 0.3 is 0 Å². The number of aliphatic hydroxyl groups excluding tert-OH is 2. The Morgan fingerprint density at radius 3 is 2.76 bits per heavy atom. The molecule has 1 spiro atoms. The topological polar surface area (TPSA) is 68.7 Å². The molecule has 6 rings (SSSR count). The maximum absolute atomic E-state index is 11.0. The van der Waals surface area contributed by atoms with Crippen LogP contribution in [-0.4, -0.2) is 45.3 Å². The van der Waals surface area contributed by atoms with Crippen LogP contribution in [-0.2, 0) is 0 Å². The molecule has 0 bridgehead atoms. The first-order valence-electron chi connectivity index (χ1n) is 11.9. The number of fused-ring (bicyclic) bond motifs is 4. The molecule has 170 valence electrons. The van der Waals surface area contributed by atoms with Crippen LogP contribution in [0.4, 0.5) is 0 Å². The zero-order valence-electron chi connectivity index (χ0n) is 18.9. The second kappa shape index (κ2) is 7.87. The number of nitrogens with one attached hydrogen (secondary N) is 1. The van der Waals surface area contributed by atoms with Gasteiger partial charge in [0.15, 0.2) is 0 Å². The van der Waals surface area contributed by atoms with E-state index in [0.29, 0.717) is 13.0 Å². The van der Waals surface area contributed by atoms with E-state index in [1.807, 2.05) is 24.4 Å². The molecular formula is C28H30N2O3. The molecule has 0 radical (unpaired) electrons. The van der Waals surface area contributed by atoms with Crippen molar-refractivity contribution in [3.8, 4) is 5.75 Å². The van der Waals surface area contributed by atoms with Gasteiger partial charge in [0, 0.05) is 59.7 Å². The van der Waals surface area contributed by atoms with E-state index < -0.39 is 12.2 Å². The Hall–Kier alpha value is -2.86. The van der Waals surface area contributed by atoms with Crippen LogP contribution in [0.1, 0.15) is 48.2 Å². The fraction of sp³-hybridized carbons (Fsp3) is 0.357. The third-order valence-electron chi connectivity index (χ3n) is 7.58. The number of nitrogens with zero attached hydrogens (tertiary/aromatic N) is 1. The van der Waals surface area contributed by atoms with Crippen molar-refractivity contribution < 1.29 is 14.9 Å². The van der Waals surface area contributed by atoms with Gasteiger partial charge in [-0.1, -0.05) is 48.5 Å². The van der Waals surface area contributed by atoms with Crippen LogP contribution in [0, 0.1) is 6.92 Å². The molecule has 2 atom stereocenters. The fourth-order valence-corrected chi connectivity index (χ4v) is 5.69. The van der Waals surface area contributed by atoms with Crippen LogP contribution in [0.2, 0.25) is 0 Å². The van der Waals surface area contributed by atoms with Gasteiger partial charge in [-0.3, -0.25) is 0 Å². The van der Waals surface area contributed by atoms with Gasteiger partial charge in [-0.05, 0) is 36.8 Å². The van der Waals surface area contributed by atoms with E-state index in [4.69, 9.17) is 4.74 Å². The SMILES string of the molecule is Cc1ccc2c(C(O)CN3CCC4(CC3)CC(O)c3ccc5ccccc5c3O4)c[nH]c2c1. The van der Waals surface area contributed by atoms with Gasteiger partial charge < -0.3 is 24.8 Å². The number of aromatic nitrogens is 1. The zero-order chi connectivity index (χ0) is 22.6. The smallest absolute Gasteiger partial charge is 0.133 e. The van der Waals surface area contributed by atoms with Crippen molar-refractivity contribution in [2.45, 2.75) is 44.0 Å². The molecule has 3 heterocycles. The van der Waals surface area contributed by atoms with Gasteiger partial charge in [-0.15, -0.1) is 0 Å². The van der Waals surface area contributed by atoms with Crippen molar-refractivity contribution in [3.05, 3.63) is 77.5 Å². The van der Waals surface area contributed by atoms with E-state index >= 15 is 0 Å². The molecule has 2 aliphatic heterocycles. The lowest BCUT2D eigenvalue weighted by atomic mass is 9.81. The van der Waals surface area contributed by atoms with E-state index in [1.54, 1.807) is 0 Å². The van der Waals surface area contributed by atoms with E-state index in [2.05, 4.69) is 53.2 Å².